The zero-order valence-corrected chi connectivity index (χ0v) is 15.7. The largest absolute Gasteiger partial charge is 0.444 e. The van der Waals surface area contributed by atoms with E-state index in [1.807, 2.05) is 0 Å². The first kappa shape index (κ1) is 18.7. The van der Waals surface area contributed by atoms with Crippen molar-refractivity contribution >= 4 is 28.7 Å². The van der Waals surface area contributed by atoms with Gasteiger partial charge in [-0.05, 0) is 39.7 Å². The number of carbonyl (C=O) groups excluding carboxylic acids is 2. The minimum atomic E-state index is -1.15. The molecule has 1 fully saturated rings. The van der Waals surface area contributed by atoms with Crippen molar-refractivity contribution in [1.82, 2.24) is 20.1 Å². The standard InChI is InChI=1S/C19H23N5O3/c1-5-7-19(8-6-9-24(19)17(26)27-18(2,3)4)16(25)22-15-10-13-11-21-23-14(13)12-20-15/h1,10-12H,6-9H2,2-4H3,(H,21,23)(H,20,22,25). The molecule has 1 aliphatic rings. The molecule has 1 aliphatic heterocycles. The number of nitrogens with one attached hydrogen (secondary N) is 2. The van der Waals surface area contributed by atoms with E-state index in [0.717, 1.165) is 10.9 Å². The van der Waals surface area contributed by atoms with E-state index in [1.54, 1.807) is 39.2 Å². The second-order valence-corrected chi connectivity index (χ2v) is 7.63. The molecule has 0 saturated carbocycles. The van der Waals surface area contributed by atoms with Crippen LogP contribution in [0.1, 0.15) is 40.0 Å². The van der Waals surface area contributed by atoms with Gasteiger partial charge in [0.15, 0.2) is 0 Å². The molecule has 2 aromatic heterocycles. The second kappa shape index (κ2) is 6.91. The highest BCUT2D eigenvalue weighted by Gasteiger charge is 2.50. The Kier molecular flexibility index (Phi) is 4.79. The molecular formula is C19H23N5O3. The van der Waals surface area contributed by atoms with Gasteiger partial charge >= 0.3 is 6.09 Å². The fourth-order valence-corrected chi connectivity index (χ4v) is 3.27. The number of terminal acetylenes is 1. The lowest BCUT2D eigenvalue weighted by atomic mass is 9.91. The Balaban J connectivity index is 1.86. The Bertz CT molecular complexity index is 908. The van der Waals surface area contributed by atoms with Crippen LogP contribution in [0, 0.1) is 12.3 Å². The van der Waals surface area contributed by atoms with E-state index in [0.29, 0.717) is 25.2 Å². The van der Waals surface area contributed by atoms with Gasteiger partial charge in [0, 0.05) is 18.4 Å². The molecule has 0 radical (unpaired) electrons. The van der Waals surface area contributed by atoms with Gasteiger partial charge in [-0.1, -0.05) is 0 Å². The Morgan fingerprint density at radius 3 is 2.93 bits per heavy atom. The molecule has 0 spiro atoms. The summed E-state index contributed by atoms with van der Waals surface area (Å²) in [7, 11) is 0. The van der Waals surface area contributed by atoms with Gasteiger partial charge in [-0.3, -0.25) is 14.8 Å². The third-order valence-corrected chi connectivity index (χ3v) is 4.49. The normalized spacial score (nSPS) is 19.7. The summed E-state index contributed by atoms with van der Waals surface area (Å²) in [5.74, 6) is 2.56. The maximum absolute atomic E-state index is 13.2. The number of likely N-dealkylation sites (tertiary alicyclic amines) is 1. The first-order valence-corrected chi connectivity index (χ1v) is 8.80. The number of aromatic nitrogens is 3. The molecule has 3 heterocycles. The molecule has 2 N–H and O–H groups in total. The number of H-pyrrole nitrogens is 1. The quantitative estimate of drug-likeness (QED) is 0.810. The molecule has 2 amide bonds. The molecule has 27 heavy (non-hydrogen) atoms. The van der Waals surface area contributed by atoms with Crippen molar-refractivity contribution in [3.63, 3.8) is 0 Å². The highest BCUT2D eigenvalue weighted by molar-refractivity contribution is 6.00. The Hall–Kier alpha value is -3.08. The third kappa shape index (κ3) is 3.72. The van der Waals surface area contributed by atoms with Gasteiger partial charge in [-0.25, -0.2) is 9.78 Å². The third-order valence-electron chi connectivity index (χ3n) is 4.49. The number of pyridine rings is 1. The predicted molar refractivity (Wildman–Crippen MR) is 101 cm³/mol. The molecule has 1 unspecified atom stereocenters. The first-order chi connectivity index (χ1) is 12.7. The molecule has 0 bridgehead atoms. The number of fused-ring (bicyclic) bond motifs is 1. The summed E-state index contributed by atoms with van der Waals surface area (Å²) in [5, 5.41) is 10.4. The van der Waals surface area contributed by atoms with E-state index in [1.165, 1.54) is 4.90 Å². The number of hydrogen-bond acceptors (Lipinski definition) is 5. The predicted octanol–water partition coefficient (Wildman–Crippen LogP) is 2.69. The monoisotopic (exact) mass is 369 g/mol. The SMILES string of the molecule is C#CCC1(C(=O)Nc2cc3cn[nH]c3cn2)CCCN1C(=O)OC(C)(C)C. The molecule has 0 aromatic carbocycles. The van der Waals surface area contributed by atoms with Crippen LogP contribution in [0.5, 0.6) is 0 Å². The van der Waals surface area contributed by atoms with Crippen molar-refractivity contribution in [1.29, 1.82) is 0 Å². The Labute approximate surface area is 157 Å². The van der Waals surface area contributed by atoms with Gasteiger partial charge < -0.3 is 10.1 Å². The molecule has 1 atom stereocenters. The highest BCUT2D eigenvalue weighted by atomic mass is 16.6. The van der Waals surface area contributed by atoms with Crippen LogP contribution in [-0.4, -0.2) is 49.8 Å². The average molecular weight is 369 g/mol. The van der Waals surface area contributed by atoms with Crippen LogP contribution in [0.25, 0.3) is 10.9 Å². The molecule has 8 nitrogen and oxygen atoms in total. The van der Waals surface area contributed by atoms with Crippen LogP contribution in [0.2, 0.25) is 0 Å². The number of hydrogen-bond donors (Lipinski definition) is 2. The zero-order chi connectivity index (χ0) is 19.7. The summed E-state index contributed by atoms with van der Waals surface area (Å²) in [4.78, 5) is 31.5. The number of rotatable bonds is 3. The van der Waals surface area contributed by atoms with Crippen molar-refractivity contribution in [2.24, 2.45) is 0 Å². The number of anilines is 1. The fourth-order valence-electron chi connectivity index (χ4n) is 3.27. The summed E-state index contributed by atoms with van der Waals surface area (Å²) in [5.41, 5.74) is -1.04. The highest BCUT2D eigenvalue weighted by Crippen LogP contribution is 2.35. The van der Waals surface area contributed by atoms with Gasteiger partial charge in [0.05, 0.1) is 17.9 Å². The van der Waals surface area contributed by atoms with E-state index >= 15 is 0 Å². The van der Waals surface area contributed by atoms with Crippen LogP contribution in [0.15, 0.2) is 18.5 Å². The summed E-state index contributed by atoms with van der Waals surface area (Å²) in [6.07, 6.45) is 9.48. The minimum Gasteiger partial charge on any atom is -0.444 e. The minimum absolute atomic E-state index is 0.103. The zero-order valence-electron chi connectivity index (χ0n) is 15.7. The summed E-state index contributed by atoms with van der Waals surface area (Å²) >= 11 is 0. The summed E-state index contributed by atoms with van der Waals surface area (Å²) in [6, 6.07) is 1.72. The second-order valence-electron chi connectivity index (χ2n) is 7.63. The smallest absolute Gasteiger partial charge is 0.411 e. The maximum atomic E-state index is 13.2. The maximum Gasteiger partial charge on any atom is 0.411 e. The number of ether oxygens (including phenoxy) is 1. The van der Waals surface area contributed by atoms with Gasteiger partial charge in [0.25, 0.3) is 5.91 Å². The molecular weight excluding hydrogens is 346 g/mol. The van der Waals surface area contributed by atoms with Crippen molar-refractivity contribution in [3.8, 4) is 12.3 Å². The van der Waals surface area contributed by atoms with Gasteiger partial charge in [0.1, 0.15) is 17.0 Å². The molecule has 142 valence electrons. The number of amides is 2. The van der Waals surface area contributed by atoms with Crippen molar-refractivity contribution < 1.29 is 14.3 Å². The fraction of sp³-hybridized carbons (Fsp3) is 0.474. The van der Waals surface area contributed by atoms with Crippen molar-refractivity contribution in [2.45, 2.75) is 51.2 Å². The van der Waals surface area contributed by atoms with Crippen LogP contribution in [-0.2, 0) is 9.53 Å². The molecule has 3 rings (SSSR count). The molecule has 1 saturated heterocycles. The van der Waals surface area contributed by atoms with Crippen LogP contribution >= 0.6 is 0 Å². The van der Waals surface area contributed by atoms with E-state index < -0.39 is 17.2 Å². The molecule has 8 heteroatoms. The Morgan fingerprint density at radius 2 is 2.22 bits per heavy atom. The van der Waals surface area contributed by atoms with Gasteiger partial charge in [0.2, 0.25) is 0 Å². The summed E-state index contributed by atoms with van der Waals surface area (Å²) < 4.78 is 5.48. The summed E-state index contributed by atoms with van der Waals surface area (Å²) in [6.45, 7) is 5.77. The lowest BCUT2D eigenvalue weighted by Crippen LogP contribution is -2.56. The van der Waals surface area contributed by atoms with E-state index in [2.05, 4.69) is 26.4 Å². The van der Waals surface area contributed by atoms with Crippen LogP contribution < -0.4 is 5.32 Å². The number of carbonyl (C=O) groups is 2. The number of aromatic amines is 1. The van der Waals surface area contributed by atoms with Crippen LogP contribution in [0.3, 0.4) is 0 Å². The molecule has 2 aromatic rings. The lowest BCUT2D eigenvalue weighted by Gasteiger charge is -2.36. The first-order valence-electron chi connectivity index (χ1n) is 8.80. The molecule has 0 aliphatic carbocycles. The lowest BCUT2D eigenvalue weighted by molar-refractivity contribution is -0.126. The number of nitrogens with zero attached hydrogens (tertiary/aromatic N) is 3. The Morgan fingerprint density at radius 1 is 1.44 bits per heavy atom. The van der Waals surface area contributed by atoms with Gasteiger partial charge in [-0.15, -0.1) is 12.3 Å². The van der Waals surface area contributed by atoms with E-state index in [9.17, 15) is 9.59 Å². The average Bonchev–Trinajstić information content (AvgIpc) is 3.20. The van der Waals surface area contributed by atoms with Crippen LogP contribution in [0.4, 0.5) is 10.6 Å². The van der Waals surface area contributed by atoms with Crippen molar-refractivity contribution in [2.75, 3.05) is 11.9 Å². The van der Waals surface area contributed by atoms with Crippen molar-refractivity contribution in [3.05, 3.63) is 18.5 Å². The van der Waals surface area contributed by atoms with Gasteiger partial charge in [-0.2, -0.15) is 5.10 Å². The topological polar surface area (TPSA) is 100 Å². The van der Waals surface area contributed by atoms with E-state index in [-0.39, 0.29) is 12.3 Å². The van der Waals surface area contributed by atoms with E-state index in [4.69, 9.17) is 11.2 Å².